The van der Waals surface area contributed by atoms with Crippen LogP contribution in [0.2, 0.25) is 0 Å². The van der Waals surface area contributed by atoms with E-state index in [9.17, 15) is 37.3 Å². The number of aromatic amines is 1. The van der Waals surface area contributed by atoms with Crippen LogP contribution in [-0.2, 0) is 12.7 Å². The Morgan fingerprint density at radius 3 is 2.50 bits per heavy atom. The molecule has 2 aromatic heterocycles. The number of carbonyl (C=O) groups is 1. The number of pyridine rings is 1. The molecule has 7 nitrogen and oxygen atoms in total. The number of H-pyrrole nitrogens is 1. The second-order valence-corrected chi connectivity index (χ2v) is 7.54. The summed E-state index contributed by atoms with van der Waals surface area (Å²) < 4.78 is 56.2. The first-order valence-corrected chi connectivity index (χ1v) is 9.84. The molecular weight excluding hydrogens is 458 g/mol. The van der Waals surface area contributed by atoms with Crippen molar-refractivity contribution in [3.63, 3.8) is 0 Å². The van der Waals surface area contributed by atoms with Gasteiger partial charge in [-0.1, -0.05) is 0 Å². The number of nitro groups is 1. The number of hydrogen-bond donors (Lipinski definition) is 1. The van der Waals surface area contributed by atoms with Crippen molar-refractivity contribution in [2.75, 3.05) is 0 Å². The van der Waals surface area contributed by atoms with Gasteiger partial charge in [-0.25, -0.2) is 4.39 Å². The molecule has 0 bridgehead atoms. The molecule has 0 saturated carbocycles. The van der Waals surface area contributed by atoms with Gasteiger partial charge in [0.05, 0.1) is 22.7 Å². The van der Waals surface area contributed by atoms with E-state index in [1.54, 1.807) is 0 Å². The standard InChI is InChI=1S/C23H15F4N3O4/c1-12(31)21-20(16-3-2-8-28-22(16)32)17-10-14(23(25,26)27)4-7-19(17)29(21)11-13-9-15(30(33)34)5-6-18(13)24/h2-10H,11H2,1H3,(H,28,32). The Morgan fingerprint density at radius 2 is 1.88 bits per heavy atom. The van der Waals surface area contributed by atoms with Crippen molar-refractivity contribution in [2.45, 2.75) is 19.6 Å². The number of carbonyl (C=O) groups excluding carboxylic acids is 1. The minimum absolute atomic E-state index is 0.0393. The number of aromatic nitrogens is 2. The van der Waals surface area contributed by atoms with E-state index in [4.69, 9.17) is 0 Å². The van der Waals surface area contributed by atoms with Gasteiger partial charge in [0.25, 0.3) is 11.2 Å². The van der Waals surface area contributed by atoms with E-state index in [0.717, 1.165) is 36.4 Å². The summed E-state index contributed by atoms with van der Waals surface area (Å²) in [5, 5.41) is 11.1. The summed E-state index contributed by atoms with van der Waals surface area (Å²) in [6.07, 6.45) is -3.36. The summed E-state index contributed by atoms with van der Waals surface area (Å²) in [7, 11) is 0. The van der Waals surface area contributed by atoms with Crippen LogP contribution in [-0.4, -0.2) is 20.3 Å². The zero-order valence-electron chi connectivity index (χ0n) is 17.4. The molecule has 2 heterocycles. The molecule has 0 aliphatic rings. The van der Waals surface area contributed by atoms with E-state index in [2.05, 4.69) is 4.98 Å². The van der Waals surface area contributed by atoms with Crippen LogP contribution in [0.25, 0.3) is 22.0 Å². The first kappa shape index (κ1) is 22.9. The molecule has 0 saturated heterocycles. The summed E-state index contributed by atoms with van der Waals surface area (Å²) in [4.78, 5) is 38.1. The summed E-state index contributed by atoms with van der Waals surface area (Å²) in [5.41, 5.74) is -2.26. The number of Topliss-reactive ketones (excluding diaryl/α,β-unsaturated/α-hetero) is 1. The molecule has 174 valence electrons. The highest BCUT2D eigenvalue weighted by atomic mass is 19.4. The van der Waals surface area contributed by atoms with Gasteiger partial charge in [0.15, 0.2) is 5.78 Å². The van der Waals surface area contributed by atoms with Gasteiger partial charge in [-0.2, -0.15) is 13.2 Å². The van der Waals surface area contributed by atoms with Crippen LogP contribution in [0, 0.1) is 15.9 Å². The fourth-order valence-corrected chi connectivity index (χ4v) is 3.92. The van der Waals surface area contributed by atoms with Crippen molar-refractivity contribution in [2.24, 2.45) is 0 Å². The van der Waals surface area contributed by atoms with Crippen molar-refractivity contribution in [1.29, 1.82) is 0 Å². The van der Waals surface area contributed by atoms with E-state index in [1.807, 2.05) is 0 Å². The zero-order chi connectivity index (χ0) is 24.8. The Kier molecular flexibility index (Phi) is 5.56. The van der Waals surface area contributed by atoms with Crippen LogP contribution in [0.4, 0.5) is 23.2 Å². The Labute approximate surface area is 188 Å². The van der Waals surface area contributed by atoms with Gasteiger partial charge in [-0.15, -0.1) is 0 Å². The number of benzene rings is 2. The normalized spacial score (nSPS) is 11.7. The van der Waals surface area contributed by atoms with Crippen LogP contribution in [0.3, 0.4) is 0 Å². The van der Waals surface area contributed by atoms with E-state index < -0.39 is 46.1 Å². The number of rotatable bonds is 5. The SMILES string of the molecule is CC(=O)c1c(-c2ccc[nH]c2=O)c2cc(C(F)(F)F)ccc2n1Cc1cc([N+](=O)[O-])ccc1F. The minimum Gasteiger partial charge on any atom is -0.333 e. The van der Waals surface area contributed by atoms with Gasteiger partial charge in [-0.05, 0) is 36.4 Å². The molecule has 0 amide bonds. The second kappa shape index (κ2) is 8.25. The van der Waals surface area contributed by atoms with Crippen LogP contribution in [0.15, 0.2) is 59.5 Å². The molecule has 11 heteroatoms. The summed E-state index contributed by atoms with van der Waals surface area (Å²) in [6.45, 7) is 0.773. The molecule has 2 aromatic carbocycles. The first-order chi connectivity index (χ1) is 16.0. The third kappa shape index (κ3) is 3.96. The predicted molar refractivity (Wildman–Crippen MR) is 115 cm³/mol. The summed E-state index contributed by atoms with van der Waals surface area (Å²) in [6, 6.07) is 8.44. The number of halogens is 4. The van der Waals surface area contributed by atoms with Gasteiger partial charge < -0.3 is 9.55 Å². The molecular formula is C23H15F4N3O4. The topological polar surface area (TPSA) is 98.0 Å². The Hall–Kier alpha value is -4.28. The third-order valence-electron chi connectivity index (χ3n) is 5.38. The summed E-state index contributed by atoms with van der Waals surface area (Å²) >= 11 is 0. The van der Waals surface area contributed by atoms with Gasteiger partial charge in [0.2, 0.25) is 0 Å². The molecule has 0 atom stereocenters. The largest absolute Gasteiger partial charge is 0.416 e. The van der Waals surface area contributed by atoms with Crippen molar-refractivity contribution in [3.8, 4) is 11.1 Å². The molecule has 0 radical (unpaired) electrons. The zero-order valence-corrected chi connectivity index (χ0v) is 17.4. The lowest BCUT2D eigenvalue weighted by Gasteiger charge is -2.11. The number of alkyl halides is 3. The van der Waals surface area contributed by atoms with Crippen LogP contribution < -0.4 is 5.56 Å². The average Bonchev–Trinajstić information content (AvgIpc) is 3.08. The summed E-state index contributed by atoms with van der Waals surface area (Å²) in [5.74, 6) is -1.39. The fraction of sp³-hybridized carbons (Fsp3) is 0.130. The Morgan fingerprint density at radius 1 is 1.15 bits per heavy atom. The molecule has 4 rings (SSSR count). The average molecular weight is 473 g/mol. The first-order valence-electron chi connectivity index (χ1n) is 9.84. The van der Waals surface area contributed by atoms with Crippen molar-refractivity contribution in [1.82, 2.24) is 9.55 Å². The monoisotopic (exact) mass is 473 g/mol. The molecule has 0 fully saturated rings. The van der Waals surface area contributed by atoms with Gasteiger partial charge in [0.1, 0.15) is 5.82 Å². The second-order valence-electron chi connectivity index (χ2n) is 7.54. The fourth-order valence-electron chi connectivity index (χ4n) is 3.92. The van der Waals surface area contributed by atoms with Gasteiger partial charge in [0, 0.05) is 52.8 Å². The van der Waals surface area contributed by atoms with Gasteiger partial charge in [-0.3, -0.25) is 19.7 Å². The lowest BCUT2D eigenvalue weighted by atomic mass is 10.0. The van der Waals surface area contributed by atoms with Crippen molar-refractivity contribution in [3.05, 3.63) is 97.8 Å². The lowest BCUT2D eigenvalue weighted by Crippen LogP contribution is -2.13. The number of non-ortho nitro benzene ring substituents is 1. The highest BCUT2D eigenvalue weighted by Gasteiger charge is 2.32. The number of nitro benzene ring substituents is 1. The smallest absolute Gasteiger partial charge is 0.333 e. The number of nitrogens with one attached hydrogen (secondary N) is 1. The highest BCUT2D eigenvalue weighted by molar-refractivity contribution is 6.10. The molecule has 4 aromatic rings. The Balaban J connectivity index is 2.09. The maximum Gasteiger partial charge on any atom is 0.416 e. The quantitative estimate of drug-likeness (QED) is 0.184. The van der Waals surface area contributed by atoms with Crippen LogP contribution in [0.5, 0.6) is 0 Å². The molecule has 34 heavy (non-hydrogen) atoms. The van der Waals surface area contributed by atoms with Crippen molar-refractivity contribution >= 4 is 22.4 Å². The van der Waals surface area contributed by atoms with E-state index in [1.165, 1.54) is 29.8 Å². The van der Waals surface area contributed by atoms with E-state index in [0.29, 0.717) is 0 Å². The number of hydrogen-bond acceptors (Lipinski definition) is 4. The number of fused-ring (bicyclic) bond motifs is 1. The molecule has 1 N–H and O–H groups in total. The number of ketones is 1. The number of nitrogens with zero attached hydrogens (tertiary/aromatic N) is 2. The van der Waals surface area contributed by atoms with E-state index in [-0.39, 0.29) is 33.3 Å². The highest BCUT2D eigenvalue weighted by Crippen LogP contribution is 2.39. The third-order valence-corrected chi connectivity index (χ3v) is 5.38. The minimum atomic E-state index is -4.70. The van der Waals surface area contributed by atoms with Gasteiger partial charge >= 0.3 is 6.18 Å². The van der Waals surface area contributed by atoms with Crippen LogP contribution in [0.1, 0.15) is 28.5 Å². The van der Waals surface area contributed by atoms with Crippen LogP contribution >= 0.6 is 0 Å². The molecule has 0 aliphatic carbocycles. The van der Waals surface area contributed by atoms with E-state index >= 15 is 0 Å². The van der Waals surface area contributed by atoms with Crippen molar-refractivity contribution < 1.29 is 27.3 Å². The lowest BCUT2D eigenvalue weighted by molar-refractivity contribution is -0.385. The maximum atomic E-state index is 14.5. The molecule has 0 spiro atoms. The molecule has 0 unspecified atom stereocenters. The molecule has 0 aliphatic heterocycles. The predicted octanol–water partition coefficient (Wildman–Crippen LogP) is 5.31. The Bertz CT molecular complexity index is 1520. The maximum absolute atomic E-state index is 14.5.